The van der Waals surface area contributed by atoms with Crippen molar-refractivity contribution in [3.8, 4) is 5.75 Å². The van der Waals surface area contributed by atoms with Crippen molar-refractivity contribution in [2.24, 2.45) is 0 Å². The van der Waals surface area contributed by atoms with Gasteiger partial charge in [0.1, 0.15) is 11.9 Å². The Balaban J connectivity index is 2.80. The van der Waals surface area contributed by atoms with Crippen LogP contribution in [0, 0.1) is 24.0 Å². The molecule has 0 saturated heterocycles. The molecule has 10 heteroatoms. The number of benzene rings is 1. The topological polar surface area (TPSA) is 104 Å². The van der Waals surface area contributed by atoms with E-state index in [9.17, 15) is 18.5 Å². The van der Waals surface area contributed by atoms with Crippen LogP contribution in [0.15, 0.2) is 27.7 Å². The van der Waals surface area contributed by atoms with Gasteiger partial charge in [-0.3, -0.25) is 0 Å². The average molecular weight is 390 g/mol. The van der Waals surface area contributed by atoms with Crippen molar-refractivity contribution in [2.45, 2.75) is 18.7 Å². The van der Waals surface area contributed by atoms with E-state index in [1.54, 1.807) is 6.92 Å². The Morgan fingerprint density at radius 1 is 1.36 bits per heavy atom. The molecular weight excluding hydrogens is 378 g/mol. The maximum absolute atomic E-state index is 12.8. The second-order valence-electron chi connectivity index (χ2n) is 4.44. The summed E-state index contributed by atoms with van der Waals surface area (Å²) in [7, 11) is -2.90. The Morgan fingerprint density at radius 2 is 2.00 bits per heavy atom. The second kappa shape index (κ2) is 5.69. The van der Waals surface area contributed by atoms with Gasteiger partial charge >= 0.3 is 15.8 Å². The summed E-state index contributed by atoms with van der Waals surface area (Å²) in [6.07, 6.45) is 0.905. The molecule has 0 radical (unpaired) electrons. The van der Waals surface area contributed by atoms with Crippen molar-refractivity contribution >= 4 is 31.8 Å². The minimum Gasteiger partial charge on any atom is -0.495 e. The van der Waals surface area contributed by atoms with Crippen molar-refractivity contribution in [1.29, 1.82) is 0 Å². The molecule has 0 bridgehead atoms. The van der Waals surface area contributed by atoms with Crippen LogP contribution >= 0.6 is 15.9 Å². The fraction of sp³-hybridized carbons (Fsp3) is 0.250. The lowest BCUT2D eigenvalue weighted by Crippen LogP contribution is -2.17. The SMILES string of the molecule is COc1cc(C)c(Br)cc1S(=O)(=O)n1c([N+](=O)[O-])cnc1C. The molecule has 0 saturated carbocycles. The number of aryl methyl sites for hydroxylation is 2. The molecule has 0 spiro atoms. The maximum Gasteiger partial charge on any atom is 0.358 e. The summed E-state index contributed by atoms with van der Waals surface area (Å²) in [4.78, 5) is 13.8. The van der Waals surface area contributed by atoms with E-state index in [0.717, 1.165) is 11.8 Å². The summed E-state index contributed by atoms with van der Waals surface area (Å²) in [5.41, 5.74) is 0.771. The van der Waals surface area contributed by atoms with E-state index in [2.05, 4.69) is 20.9 Å². The number of halogens is 1. The number of imidazole rings is 1. The number of rotatable bonds is 4. The quantitative estimate of drug-likeness (QED) is 0.587. The average Bonchev–Trinajstić information content (AvgIpc) is 2.84. The molecule has 0 aliphatic heterocycles. The summed E-state index contributed by atoms with van der Waals surface area (Å²) >= 11 is 3.25. The number of hydrogen-bond donors (Lipinski definition) is 0. The number of ether oxygens (including phenoxy) is 1. The Kier molecular flexibility index (Phi) is 4.25. The Morgan fingerprint density at radius 3 is 2.55 bits per heavy atom. The second-order valence-corrected chi connectivity index (χ2v) is 7.05. The first kappa shape index (κ1) is 16.4. The summed E-state index contributed by atoms with van der Waals surface area (Å²) in [6, 6.07) is 2.89. The molecule has 1 aromatic carbocycles. The van der Waals surface area contributed by atoms with E-state index < -0.39 is 20.8 Å². The lowest BCUT2D eigenvalue weighted by Gasteiger charge is -2.11. The third kappa shape index (κ3) is 2.59. The van der Waals surface area contributed by atoms with Crippen LogP contribution in [0.1, 0.15) is 11.4 Å². The normalized spacial score (nSPS) is 11.5. The van der Waals surface area contributed by atoms with Gasteiger partial charge in [0.25, 0.3) is 0 Å². The lowest BCUT2D eigenvalue weighted by molar-refractivity contribution is -0.390. The molecule has 0 atom stereocenters. The summed E-state index contributed by atoms with van der Waals surface area (Å²) < 4.78 is 31.8. The van der Waals surface area contributed by atoms with Crippen LogP contribution in [-0.4, -0.2) is 29.4 Å². The smallest absolute Gasteiger partial charge is 0.358 e. The van der Waals surface area contributed by atoms with Crippen LogP contribution in [0.4, 0.5) is 5.82 Å². The van der Waals surface area contributed by atoms with Gasteiger partial charge in [0, 0.05) is 11.4 Å². The first-order valence-electron chi connectivity index (χ1n) is 5.98. The molecule has 0 N–H and O–H groups in total. The highest BCUT2D eigenvalue weighted by Crippen LogP contribution is 2.33. The van der Waals surface area contributed by atoms with Crippen LogP contribution < -0.4 is 4.74 Å². The molecule has 2 aromatic rings. The molecule has 1 aromatic heterocycles. The largest absolute Gasteiger partial charge is 0.495 e. The van der Waals surface area contributed by atoms with E-state index in [4.69, 9.17) is 4.74 Å². The highest BCUT2D eigenvalue weighted by molar-refractivity contribution is 9.10. The maximum atomic E-state index is 12.8. The van der Waals surface area contributed by atoms with E-state index in [1.165, 1.54) is 26.2 Å². The van der Waals surface area contributed by atoms with Crippen molar-refractivity contribution in [3.05, 3.63) is 44.3 Å². The van der Waals surface area contributed by atoms with Crippen molar-refractivity contribution in [1.82, 2.24) is 8.96 Å². The number of aromatic nitrogens is 2. The van der Waals surface area contributed by atoms with Gasteiger partial charge < -0.3 is 14.9 Å². The van der Waals surface area contributed by atoms with Gasteiger partial charge in [-0.2, -0.15) is 8.42 Å². The zero-order chi connectivity index (χ0) is 16.7. The lowest BCUT2D eigenvalue weighted by atomic mass is 10.2. The summed E-state index contributed by atoms with van der Waals surface area (Å²) in [5, 5.41) is 11.0. The molecular formula is C12H12BrN3O5S. The molecule has 118 valence electrons. The Labute approximate surface area is 135 Å². The molecule has 0 unspecified atom stereocenters. The van der Waals surface area contributed by atoms with Gasteiger partial charge in [-0.25, -0.2) is 4.98 Å². The van der Waals surface area contributed by atoms with E-state index in [0.29, 0.717) is 8.45 Å². The summed E-state index contributed by atoms with van der Waals surface area (Å²) in [5.74, 6) is -0.537. The Bertz CT molecular complexity index is 860. The minimum atomic E-state index is -4.23. The minimum absolute atomic E-state index is 0.00884. The van der Waals surface area contributed by atoms with Gasteiger partial charge in [0.05, 0.1) is 7.11 Å². The molecule has 0 aliphatic rings. The monoisotopic (exact) mass is 389 g/mol. The van der Waals surface area contributed by atoms with Crippen LogP contribution in [-0.2, 0) is 10.0 Å². The Hall–Kier alpha value is -1.94. The molecule has 0 aliphatic carbocycles. The van der Waals surface area contributed by atoms with E-state index in [-0.39, 0.29) is 16.5 Å². The van der Waals surface area contributed by atoms with Crippen molar-refractivity contribution < 1.29 is 18.1 Å². The van der Waals surface area contributed by atoms with Crippen LogP contribution in [0.2, 0.25) is 0 Å². The third-order valence-corrected chi connectivity index (χ3v) is 5.68. The highest BCUT2D eigenvalue weighted by atomic mass is 79.9. The number of methoxy groups -OCH3 is 1. The van der Waals surface area contributed by atoms with Gasteiger partial charge in [0.15, 0.2) is 4.90 Å². The van der Waals surface area contributed by atoms with Crippen molar-refractivity contribution in [3.63, 3.8) is 0 Å². The van der Waals surface area contributed by atoms with Gasteiger partial charge in [-0.1, -0.05) is 19.9 Å². The zero-order valence-electron chi connectivity index (χ0n) is 11.9. The zero-order valence-corrected chi connectivity index (χ0v) is 14.3. The standard InChI is InChI=1S/C12H12BrN3O5S/c1-7-4-10(21-3)11(5-9(7)13)22(19,20)15-8(2)14-6-12(15)16(17)18/h4-6H,1-3H3. The van der Waals surface area contributed by atoms with Gasteiger partial charge in [-0.05, 0) is 29.5 Å². The first-order valence-corrected chi connectivity index (χ1v) is 8.22. The molecule has 0 amide bonds. The van der Waals surface area contributed by atoms with Crippen LogP contribution in [0.5, 0.6) is 5.75 Å². The predicted octanol–water partition coefficient (Wildman–Crippen LogP) is 2.42. The first-order chi connectivity index (χ1) is 10.2. The van der Waals surface area contributed by atoms with Gasteiger partial charge in [-0.15, -0.1) is 0 Å². The fourth-order valence-corrected chi connectivity index (χ4v) is 4.05. The van der Waals surface area contributed by atoms with Crippen LogP contribution in [0.25, 0.3) is 0 Å². The predicted molar refractivity (Wildman–Crippen MR) is 81.6 cm³/mol. The molecule has 2 rings (SSSR count). The number of hydrogen-bond acceptors (Lipinski definition) is 6. The van der Waals surface area contributed by atoms with Crippen molar-refractivity contribution in [2.75, 3.05) is 7.11 Å². The molecule has 22 heavy (non-hydrogen) atoms. The number of nitro groups is 1. The van der Waals surface area contributed by atoms with Gasteiger partial charge in [0.2, 0.25) is 5.82 Å². The molecule has 8 nitrogen and oxygen atoms in total. The fourth-order valence-electron chi connectivity index (χ4n) is 1.94. The number of nitrogens with zero attached hydrogens (tertiary/aromatic N) is 3. The van der Waals surface area contributed by atoms with E-state index in [1.807, 2.05) is 0 Å². The molecule has 0 fully saturated rings. The highest BCUT2D eigenvalue weighted by Gasteiger charge is 2.34. The van der Waals surface area contributed by atoms with E-state index >= 15 is 0 Å². The molecule has 1 heterocycles. The summed E-state index contributed by atoms with van der Waals surface area (Å²) in [6.45, 7) is 3.15. The van der Waals surface area contributed by atoms with Crippen LogP contribution in [0.3, 0.4) is 0 Å². The third-order valence-electron chi connectivity index (χ3n) is 3.02.